The molecule has 1 aromatic rings. The third-order valence-corrected chi connectivity index (χ3v) is 4.11. The summed E-state index contributed by atoms with van der Waals surface area (Å²) in [7, 11) is 0. The van der Waals surface area contributed by atoms with E-state index in [9.17, 15) is 4.79 Å². The van der Waals surface area contributed by atoms with Crippen molar-refractivity contribution in [3.8, 4) is 0 Å². The molecule has 0 aliphatic rings. The van der Waals surface area contributed by atoms with Gasteiger partial charge in [-0.1, -0.05) is 34.1 Å². The highest BCUT2D eigenvalue weighted by molar-refractivity contribution is 7.99. The van der Waals surface area contributed by atoms with Crippen LogP contribution in [0.15, 0.2) is 17.2 Å². The van der Waals surface area contributed by atoms with Crippen LogP contribution in [0.3, 0.4) is 0 Å². The average Bonchev–Trinajstić information content (AvgIpc) is 2.35. The third kappa shape index (κ3) is 4.33. The minimum absolute atomic E-state index is 0.243. The van der Waals surface area contributed by atoms with E-state index in [0.29, 0.717) is 11.5 Å². The highest BCUT2D eigenvalue weighted by Crippen LogP contribution is 2.24. The number of carboxylic acid groups (broad SMARTS) is 1. The van der Waals surface area contributed by atoms with E-state index in [-0.39, 0.29) is 5.92 Å². The zero-order chi connectivity index (χ0) is 13.7. The van der Waals surface area contributed by atoms with Gasteiger partial charge in [0.05, 0.1) is 10.6 Å². The molecule has 0 amide bonds. The second-order valence-corrected chi connectivity index (χ2v) is 5.94. The number of rotatable bonds is 6. The topological polar surface area (TPSA) is 50.2 Å². The van der Waals surface area contributed by atoms with Crippen LogP contribution >= 0.6 is 11.8 Å². The molecule has 18 heavy (non-hydrogen) atoms. The molecule has 100 valence electrons. The van der Waals surface area contributed by atoms with Crippen LogP contribution in [0.5, 0.6) is 0 Å². The van der Waals surface area contributed by atoms with E-state index in [2.05, 4.69) is 18.8 Å². The van der Waals surface area contributed by atoms with E-state index in [4.69, 9.17) is 5.11 Å². The first kappa shape index (κ1) is 15.0. The number of carboxylic acids is 1. The highest BCUT2D eigenvalue weighted by atomic mass is 32.2. The molecule has 0 fully saturated rings. The summed E-state index contributed by atoms with van der Waals surface area (Å²) in [6.45, 7) is 8.40. The predicted molar refractivity (Wildman–Crippen MR) is 75.5 cm³/mol. The number of aromatic nitrogens is 1. The minimum atomic E-state index is -0.885. The molecule has 0 saturated carbocycles. The molecule has 4 heteroatoms. The summed E-state index contributed by atoms with van der Waals surface area (Å²) in [6.07, 6.45) is 1.13. The van der Waals surface area contributed by atoms with Gasteiger partial charge in [-0.15, -0.1) is 11.8 Å². The van der Waals surface area contributed by atoms with Crippen molar-refractivity contribution in [3.63, 3.8) is 0 Å². The van der Waals surface area contributed by atoms with Crippen molar-refractivity contribution in [1.29, 1.82) is 0 Å². The SMILES string of the molecule is CCC(C)CSc1cc(C(=O)O)cc(C(C)C)n1. The summed E-state index contributed by atoms with van der Waals surface area (Å²) >= 11 is 1.64. The maximum atomic E-state index is 11.1. The Balaban J connectivity index is 2.93. The summed E-state index contributed by atoms with van der Waals surface area (Å²) in [4.78, 5) is 15.6. The van der Waals surface area contributed by atoms with E-state index < -0.39 is 5.97 Å². The standard InChI is InChI=1S/C14H21NO2S/c1-5-10(4)8-18-13-7-11(14(16)17)6-12(15-13)9(2)3/h6-7,9-10H,5,8H2,1-4H3,(H,16,17). The number of aromatic carboxylic acids is 1. The molecule has 1 aromatic heterocycles. The van der Waals surface area contributed by atoms with Crippen molar-refractivity contribution in [2.24, 2.45) is 5.92 Å². The van der Waals surface area contributed by atoms with E-state index in [1.807, 2.05) is 13.8 Å². The van der Waals surface area contributed by atoms with Crippen molar-refractivity contribution in [1.82, 2.24) is 4.98 Å². The summed E-state index contributed by atoms with van der Waals surface area (Å²) in [5.74, 6) is 0.953. The molecule has 0 saturated heterocycles. The number of hydrogen-bond acceptors (Lipinski definition) is 3. The number of carbonyl (C=O) groups is 1. The van der Waals surface area contributed by atoms with Gasteiger partial charge in [0.15, 0.2) is 0 Å². The number of pyridine rings is 1. The smallest absolute Gasteiger partial charge is 0.335 e. The number of nitrogens with zero attached hydrogens (tertiary/aromatic N) is 1. The normalized spacial score (nSPS) is 12.7. The van der Waals surface area contributed by atoms with Crippen LogP contribution in [-0.4, -0.2) is 21.8 Å². The summed E-state index contributed by atoms with van der Waals surface area (Å²) in [5.41, 5.74) is 1.18. The molecule has 1 N–H and O–H groups in total. The molecule has 1 heterocycles. The van der Waals surface area contributed by atoms with Crippen LogP contribution in [-0.2, 0) is 0 Å². The first-order chi connectivity index (χ1) is 8.43. The van der Waals surface area contributed by atoms with Crippen LogP contribution in [0.2, 0.25) is 0 Å². The lowest BCUT2D eigenvalue weighted by Gasteiger charge is -2.11. The van der Waals surface area contributed by atoms with Crippen molar-refractivity contribution in [2.75, 3.05) is 5.75 Å². The predicted octanol–water partition coefficient (Wildman–Crippen LogP) is 4.04. The second-order valence-electron chi connectivity index (χ2n) is 4.90. The molecule has 0 aliphatic carbocycles. The fourth-order valence-corrected chi connectivity index (χ4v) is 2.44. The molecule has 0 spiro atoms. The van der Waals surface area contributed by atoms with Gasteiger partial charge < -0.3 is 5.11 Å². The van der Waals surface area contributed by atoms with Gasteiger partial charge in [0, 0.05) is 11.4 Å². The molecule has 1 atom stereocenters. The van der Waals surface area contributed by atoms with Gasteiger partial charge in [-0.25, -0.2) is 9.78 Å². The lowest BCUT2D eigenvalue weighted by molar-refractivity contribution is 0.0696. The monoisotopic (exact) mass is 267 g/mol. The molecule has 0 aliphatic heterocycles. The molecule has 0 aromatic carbocycles. The van der Waals surface area contributed by atoms with E-state index >= 15 is 0 Å². The number of hydrogen-bond donors (Lipinski definition) is 1. The van der Waals surface area contributed by atoms with Crippen LogP contribution in [0, 0.1) is 5.92 Å². The lowest BCUT2D eigenvalue weighted by atomic mass is 10.1. The fraction of sp³-hybridized carbons (Fsp3) is 0.571. The van der Waals surface area contributed by atoms with Crippen LogP contribution in [0.1, 0.15) is 56.1 Å². The lowest BCUT2D eigenvalue weighted by Crippen LogP contribution is -2.03. The number of thioether (sulfide) groups is 1. The van der Waals surface area contributed by atoms with Crippen molar-refractivity contribution < 1.29 is 9.90 Å². The van der Waals surface area contributed by atoms with Gasteiger partial charge in [0.2, 0.25) is 0 Å². The Kier molecular flexibility index (Phi) is 5.66. The average molecular weight is 267 g/mol. The first-order valence-corrected chi connectivity index (χ1v) is 7.30. The first-order valence-electron chi connectivity index (χ1n) is 6.32. The third-order valence-electron chi connectivity index (χ3n) is 2.87. The van der Waals surface area contributed by atoms with Gasteiger partial charge in [0.1, 0.15) is 0 Å². The highest BCUT2D eigenvalue weighted by Gasteiger charge is 2.11. The van der Waals surface area contributed by atoms with Crippen molar-refractivity contribution in [3.05, 3.63) is 23.4 Å². The molecular weight excluding hydrogens is 246 g/mol. The van der Waals surface area contributed by atoms with Gasteiger partial charge in [-0.05, 0) is 24.0 Å². The van der Waals surface area contributed by atoms with Crippen LogP contribution in [0.4, 0.5) is 0 Å². The van der Waals surface area contributed by atoms with Gasteiger partial charge in [-0.3, -0.25) is 0 Å². The molecule has 3 nitrogen and oxygen atoms in total. The Hall–Kier alpha value is -1.03. The fourth-order valence-electron chi connectivity index (χ4n) is 1.36. The summed E-state index contributed by atoms with van der Waals surface area (Å²) in [5, 5.41) is 9.92. The van der Waals surface area contributed by atoms with Crippen molar-refractivity contribution >= 4 is 17.7 Å². The Morgan fingerprint density at radius 3 is 2.56 bits per heavy atom. The minimum Gasteiger partial charge on any atom is -0.478 e. The van der Waals surface area contributed by atoms with Crippen molar-refractivity contribution in [2.45, 2.75) is 45.1 Å². The molecule has 1 rings (SSSR count). The van der Waals surface area contributed by atoms with Crippen LogP contribution < -0.4 is 0 Å². The quantitative estimate of drug-likeness (QED) is 0.790. The Bertz CT molecular complexity index is 418. The van der Waals surface area contributed by atoms with E-state index in [1.54, 1.807) is 23.9 Å². The summed E-state index contributed by atoms with van der Waals surface area (Å²) in [6, 6.07) is 3.33. The zero-order valence-electron chi connectivity index (χ0n) is 11.4. The van der Waals surface area contributed by atoms with E-state index in [0.717, 1.165) is 22.9 Å². The maximum Gasteiger partial charge on any atom is 0.335 e. The molecule has 0 radical (unpaired) electrons. The van der Waals surface area contributed by atoms with Gasteiger partial charge in [-0.2, -0.15) is 0 Å². The molecule has 0 bridgehead atoms. The van der Waals surface area contributed by atoms with E-state index in [1.165, 1.54) is 0 Å². The van der Waals surface area contributed by atoms with Gasteiger partial charge >= 0.3 is 5.97 Å². The maximum absolute atomic E-state index is 11.1. The zero-order valence-corrected chi connectivity index (χ0v) is 12.3. The Labute approximate surface area is 113 Å². The molecular formula is C14H21NO2S. The second kappa shape index (κ2) is 6.78. The molecule has 1 unspecified atom stereocenters. The largest absolute Gasteiger partial charge is 0.478 e. The Morgan fingerprint density at radius 1 is 1.39 bits per heavy atom. The summed E-state index contributed by atoms with van der Waals surface area (Å²) < 4.78 is 0. The van der Waals surface area contributed by atoms with Crippen LogP contribution in [0.25, 0.3) is 0 Å². The van der Waals surface area contributed by atoms with Gasteiger partial charge in [0.25, 0.3) is 0 Å². The Morgan fingerprint density at radius 2 is 2.06 bits per heavy atom.